The van der Waals surface area contributed by atoms with Crippen LogP contribution < -0.4 is 5.32 Å². The van der Waals surface area contributed by atoms with E-state index in [1.165, 1.54) is 6.07 Å². The van der Waals surface area contributed by atoms with Gasteiger partial charge in [0.25, 0.3) is 5.91 Å². The van der Waals surface area contributed by atoms with Crippen molar-refractivity contribution in [1.29, 1.82) is 0 Å². The Balaban J connectivity index is 2.23. The predicted molar refractivity (Wildman–Crippen MR) is 78.1 cm³/mol. The topological polar surface area (TPSA) is 29.1 Å². The molecule has 0 heterocycles. The molecule has 0 aliphatic rings. The molecule has 2 nitrogen and oxygen atoms in total. The highest BCUT2D eigenvalue weighted by Gasteiger charge is 2.13. The Labute approximate surface area is 123 Å². The van der Waals surface area contributed by atoms with Gasteiger partial charge in [-0.3, -0.25) is 4.79 Å². The van der Waals surface area contributed by atoms with Gasteiger partial charge in [0.2, 0.25) is 0 Å². The van der Waals surface area contributed by atoms with E-state index in [-0.39, 0.29) is 10.0 Å². The third-order valence-electron chi connectivity index (χ3n) is 2.54. The smallest absolute Gasteiger partial charge is 0.258 e. The van der Waals surface area contributed by atoms with E-state index < -0.39 is 11.7 Å². The van der Waals surface area contributed by atoms with Crippen LogP contribution >= 0.6 is 27.5 Å². The molecule has 0 spiro atoms. The predicted octanol–water partition coefficient (Wildman–Crippen LogP) is 4.58. The standard InChI is InChI=1S/C14H10BrClFNO/c15-12-6-2-5-11(13(12)17)14(19)18-10-4-1-3-9(7-10)8-16/h1-7H,8H2,(H,18,19). The lowest BCUT2D eigenvalue weighted by Crippen LogP contribution is -2.14. The largest absolute Gasteiger partial charge is 0.322 e. The number of alkyl halides is 1. The first-order valence-electron chi connectivity index (χ1n) is 5.52. The molecular formula is C14H10BrClFNO. The van der Waals surface area contributed by atoms with Gasteiger partial charge in [0.05, 0.1) is 10.0 Å². The van der Waals surface area contributed by atoms with Gasteiger partial charge < -0.3 is 5.32 Å². The summed E-state index contributed by atoms with van der Waals surface area (Å²) in [4.78, 5) is 12.0. The fraction of sp³-hybridized carbons (Fsp3) is 0.0714. The van der Waals surface area contributed by atoms with Gasteiger partial charge in [0, 0.05) is 11.6 Å². The Bertz CT molecular complexity index is 618. The molecule has 0 atom stereocenters. The van der Waals surface area contributed by atoms with Crippen LogP contribution in [-0.4, -0.2) is 5.91 Å². The number of carbonyl (C=O) groups excluding carboxylic acids is 1. The molecule has 0 radical (unpaired) electrons. The minimum absolute atomic E-state index is 0.00866. The lowest BCUT2D eigenvalue weighted by Gasteiger charge is -2.07. The van der Waals surface area contributed by atoms with E-state index in [9.17, 15) is 9.18 Å². The Morgan fingerprint density at radius 3 is 2.74 bits per heavy atom. The Hall–Kier alpha value is -1.39. The zero-order chi connectivity index (χ0) is 13.8. The fourth-order valence-corrected chi connectivity index (χ4v) is 2.14. The zero-order valence-corrected chi connectivity index (χ0v) is 12.1. The Kier molecular flexibility index (Phi) is 4.56. The van der Waals surface area contributed by atoms with Crippen molar-refractivity contribution < 1.29 is 9.18 Å². The van der Waals surface area contributed by atoms with Crippen molar-refractivity contribution in [2.24, 2.45) is 0 Å². The Morgan fingerprint density at radius 1 is 1.26 bits per heavy atom. The van der Waals surface area contributed by atoms with Gasteiger partial charge in [-0.2, -0.15) is 0 Å². The minimum atomic E-state index is -0.575. The van der Waals surface area contributed by atoms with Gasteiger partial charge in [0.15, 0.2) is 0 Å². The van der Waals surface area contributed by atoms with Crippen molar-refractivity contribution in [2.75, 3.05) is 5.32 Å². The number of rotatable bonds is 3. The summed E-state index contributed by atoms with van der Waals surface area (Å²) < 4.78 is 14.0. The summed E-state index contributed by atoms with van der Waals surface area (Å²) in [5, 5.41) is 2.64. The number of hydrogen-bond donors (Lipinski definition) is 1. The van der Waals surface area contributed by atoms with Crippen LogP contribution in [0.5, 0.6) is 0 Å². The summed E-state index contributed by atoms with van der Waals surface area (Å²) in [5.74, 6) is -0.714. The summed E-state index contributed by atoms with van der Waals surface area (Å²) in [7, 11) is 0. The number of amides is 1. The summed E-state index contributed by atoms with van der Waals surface area (Å²) >= 11 is 8.77. The number of benzene rings is 2. The van der Waals surface area contributed by atoms with E-state index in [0.717, 1.165) is 5.56 Å². The number of carbonyl (C=O) groups is 1. The molecule has 0 fully saturated rings. The van der Waals surface area contributed by atoms with Crippen molar-refractivity contribution >= 4 is 39.1 Å². The van der Waals surface area contributed by atoms with Crippen molar-refractivity contribution in [3.8, 4) is 0 Å². The molecule has 1 N–H and O–H groups in total. The molecule has 2 aromatic rings. The van der Waals surface area contributed by atoms with E-state index in [2.05, 4.69) is 21.2 Å². The molecule has 0 aliphatic heterocycles. The second-order valence-corrected chi connectivity index (χ2v) is 5.01. The van der Waals surface area contributed by atoms with E-state index in [1.54, 1.807) is 30.3 Å². The van der Waals surface area contributed by atoms with E-state index in [4.69, 9.17) is 11.6 Å². The van der Waals surface area contributed by atoms with Gasteiger partial charge in [-0.1, -0.05) is 18.2 Å². The number of hydrogen-bond acceptors (Lipinski definition) is 1. The lowest BCUT2D eigenvalue weighted by atomic mass is 10.2. The molecule has 0 saturated carbocycles. The fourth-order valence-electron chi connectivity index (χ4n) is 1.61. The van der Waals surface area contributed by atoms with Crippen LogP contribution in [0.2, 0.25) is 0 Å². The molecule has 0 aliphatic carbocycles. The molecule has 5 heteroatoms. The summed E-state index contributed by atoms with van der Waals surface area (Å²) in [6.45, 7) is 0. The zero-order valence-electron chi connectivity index (χ0n) is 9.79. The highest BCUT2D eigenvalue weighted by molar-refractivity contribution is 9.10. The highest BCUT2D eigenvalue weighted by atomic mass is 79.9. The summed E-state index contributed by atoms with van der Waals surface area (Å²) in [6, 6.07) is 11.7. The first-order chi connectivity index (χ1) is 9.11. The van der Waals surface area contributed by atoms with Crippen LogP contribution in [0, 0.1) is 5.82 Å². The van der Waals surface area contributed by atoms with Gasteiger partial charge in [-0.15, -0.1) is 11.6 Å². The van der Waals surface area contributed by atoms with Gasteiger partial charge in [-0.25, -0.2) is 4.39 Å². The molecule has 0 bridgehead atoms. The van der Waals surface area contributed by atoms with Gasteiger partial charge >= 0.3 is 0 Å². The van der Waals surface area contributed by atoms with Gasteiger partial charge in [-0.05, 0) is 45.8 Å². The van der Waals surface area contributed by atoms with Crippen LogP contribution in [0.25, 0.3) is 0 Å². The van der Waals surface area contributed by atoms with Crippen LogP contribution in [0.4, 0.5) is 10.1 Å². The van der Waals surface area contributed by atoms with Crippen LogP contribution in [0.1, 0.15) is 15.9 Å². The first-order valence-corrected chi connectivity index (χ1v) is 6.85. The summed E-state index contributed by atoms with van der Waals surface area (Å²) in [5.41, 5.74) is 1.46. The lowest BCUT2D eigenvalue weighted by molar-refractivity contribution is 0.102. The van der Waals surface area contributed by atoms with Crippen molar-refractivity contribution in [3.05, 3.63) is 63.9 Å². The third kappa shape index (κ3) is 3.33. The number of anilines is 1. The molecule has 0 aromatic heterocycles. The molecular weight excluding hydrogens is 333 g/mol. The van der Waals surface area contributed by atoms with Crippen molar-refractivity contribution in [1.82, 2.24) is 0 Å². The number of nitrogens with one attached hydrogen (secondary N) is 1. The first kappa shape index (κ1) is 14.0. The molecule has 2 rings (SSSR count). The van der Waals surface area contributed by atoms with Crippen molar-refractivity contribution in [2.45, 2.75) is 5.88 Å². The van der Waals surface area contributed by atoms with Crippen LogP contribution in [0.3, 0.4) is 0 Å². The molecule has 0 unspecified atom stereocenters. The molecule has 0 saturated heterocycles. The van der Waals surface area contributed by atoms with E-state index in [1.807, 2.05) is 6.07 Å². The van der Waals surface area contributed by atoms with Gasteiger partial charge in [0.1, 0.15) is 5.82 Å². The molecule has 19 heavy (non-hydrogen) atoms. The SMILES string of the molecule is O=C(Nc1cccc(CCl)c1)c1cccc(Br)c1F. The average Bonchev–Trinajstić information content (AvgIpc) is 2.42. The third-order valence-corrected chi connectivity index (χ3v) is 3.46. The molecule has 1 amide bonds. The maximum atomic E-state index is 13.8. The van der Waals surface area contributed by atoms with E-state index >= 15 is 0 Å². The van der Waals surface area contributed by atoms with Crippen LogP contribution in [0.15, 0.2) is 46.9 Å². The minimum Gasteiger partial charge on any atom is -0.322 e. The monoisotopic (exact) mass is 341 g/mol. The van der Waals surface area contributed by atoms with Crippen LogP contribution in [-0.2, 0) is 5.88 Å². The normalized spacial score (nSPS) is 10.3. The second kappa shape index (κ2) is 6.17. The van der Waals surface area contributed by atoms with Crippen molar-refractivity contribution in [3.63, 3.8) is 0 Å². The number of halogens is 3. The maximum Gasteiger partial charge on any atom is 0.258 e. The molecule has 98 valence electrons. The second-order valence-electron chi connectivity index (χ2n) is 3.89. The highest BCUT2D eigenvalue weighted by Crippen LogP contribution is 2.20. The maximum absolute atomic E-state index is 13.8. The summed E-state index contributed by atoms with van der Waals surface area (Å²) in [6.07, 6.45) is 0. The Morgan fingerprint density at radius 2 is 2.00 bits per heavy atom. The van der Waals surface area contributed by atoms with E-state index in [0.29, 0.717) is 11.6 Å². The average molecular weight is 343 g/mol. The quantitative estimate of drug-likeness (QED) is 0.813. The molecule has 2 aromatic carbocycles.